The van der Waals surface area contributed by atoms with Gasteiger partial charge in [-0.15, -0.1) is 0 Å². The van der Waals surface area contributed by atoms with E-state index in [4.69, 9.17) is 0 Å². The highest BCUT2D eigenvalue weighted by molar-refractivity contribution is 5.93. The Hall–Kier alpha value is -1.45. The molecule has 4 heteroatoms. The number of nitrogens with zero attached hydrogens (tertiary/aromatic N) is 2. The van der Waals surface area contributed by atoms with Gasteiger partial charge in [-0.1, -0.05) is 6.58 Å². The average molecular weight is 153 g/mol. The van der Waals surface area contributed by atoms with Crippen LogP contribution in [-0.2, 0) is 0 Å². The van der Waals surface area contributed by atoms with Crippen LogP contribution in [0.3, 0.4) is 0 Å². The lowest BCUT2D eigenvalue weighted by Crippen LogP contribution is -2.13. The van der Waals surface area contributed by atoms with Gasteiger partial charge in [0.05, 0.1) is 5.71 Å². The summed E-state index contributed by atoms with van der Waals surface area (Å²) in [6.45, 7) is 6.85. The summed E-state index contributed by atoms with van der Waals surface area (Å²) < 4.78 is 0. The van der Waals surface area contributed by atoms with E-state index in [-0.39, 0.29) is 0 Å². The number of hydrogen-bond acceptors (Lipinski definition) is 2. The van der Waals surface area contributed by atoms with Crippen LogP contribution in [0.15, 0.2) is 22.7 Å². The third kappa shape index (κ3) is 5.02. The predicted octanol–water partition coefficient (Wildman–Crippen LogP) is 1.35. The number of rotatable bonds is 2. The van der Waals surface area contributed by atoms with Gasteiger partial charge in [-0.3, -0.25) is 0 Å². The number of hydrogen-bond donors (Lipinski definition) is 1. The van der Waals surface area contributed by atoms with Gasteiger partial charge in [0.2, 0.25) is 0 Å². The van der Waals surface area contributed by atoms with Gasteiger partial charge in [0.15, 0.2) is 0 Å². The molecule has 0 bridgehead atoms. The first kappa shape index (κ1) is 9.55. The van der Waals surface area contributed by atoms with E-state index < -0.39 is 6.03 Å². The van der Waals surface area contributed by atoms with Crippen LogP contribution in [0.2, 0.25) is 0 Å². The summed E-state index contributed by atoms with van der Waals surface area (Å²) in [6.07, 6.45) is 2.93. The highest BCUT2D eigenvalue weighted by atomic mass is 16.2. The lowest BCUT2D eigenvalue weighted by molar-refractivity contribution is 0.250. The second-order valence-electron chi connectivity index (χ2n) is 1.76. The molecule has 0 unspecified atom stereocenters. The maximum atomic E-state index is 10.6. The number of carbonyl (C=O) groups excluding carboxylic acids is 1. The molecule has 0 spiro atoms. The normalized spacial score (nSPS) is 11.6. The van der Waals surface area contributed by atoms with Crippen LogP contribution >= 0.6 is 0 Å². The van der Waals surface area contributed by atoms with Crippen molar-refractivity contribution in [2.45, 2.75) is 13.8 Å². The molecule has 2 amide bonds. The van der Waals surface area contributed by atoms with Gasteiger partial charge >= 0.3 is 6.03 Å². The molecule has 0 atom stereocenters. The van der Waals surface area contributed by atoms with Crippen LogP contribution in [-0.4, -0.2) is 18.0 Å². The Bertz CT molecular complexity index is 206. The van der Waals surface area contributed by atoms with Gasteiger partial charge in [-0.2, -0.15) is 5.10 Å². The molecule has 0 radical (unpaired) electrons. The highest BCUT2D eigenvalue weighted by Crippen LogP contribution is 1.76. The summed E-state index contributed by atoms with van der Waals surface area (Å²) in [5.41, 5.74) is 2.86. The van der Waals surface area contributed by atoms with Crippen molar-refractivity contribution in [1.82, 2.24) is 5.43 Å². The summed E-state index contributed by atoms with van der Waals surface area (Å²) >= 11 is 0. The van der Waals surface area contributed by atoms with E-state index in [0.717, 1.165) is 0 Å². The zero-order valence-corrected chi connectivity index (χ0v) is 6.66. The zero-order chi connectivity index (χ0) is 8.69. The van der Waals surface area contributed by atoms with E-state index in [1.807, 2.05) is 0 Å². The molecule has 0 aromatic rings. The number of allylic oxidation sites excluding steroid dienone is 1. The Morgan fingerprint density at radius 2 is 2.27 bits per heavy atom. The summed E-state index contributed by atoms with van der Waals surface area (Å²) in [6, 6.07) is -0.478. The first-order chi connectivity index (χ1) is 5.20. The van der Waals surface area contributed by atoms with Crippen molar-refractivity contribution in [3.63, 3.8) is 0 Å². The predicted molar refractivity (Wildman–Crippen MR) is 46.0 cm³/mol. The fourth-order valence-corrected chi connectivity index (χ4v) is 0.328. The van der Waals surface area contributed by atoms with Crippen LogP contribution in [0.4, 0.5) is 4.79 Å². The third-order valence-corrected chi connectivity index (χ3v) is 0.870. The fourth-order valence-electron chi connectivity index (χ4n) is 0.328. The summed E-state index contributed by atoms with van der Waals surface area (Å²) in [4.78, 5) is 14.0. The van der Waals surface area contributed by atoms with E-state index in [1.165, 1.54) is 12.3 Å². The molecule has 0 aromatic carbocycles. The number of nitrogens with one attached hydrogen (secondary N) is 1. The lowest BCUT2D eigenvalue weighted by Gasteiger charge is -1.92. The zero-order valence-electron chi connectivity index (χ0n) is 6.66. The van der Waals surface area contributed by atoms with E-state index in [9.17, 15) is 4.79 Å². The fraction of sp³-hybridized carbons (Fsp3) is 0.286. The summed E-state index contributed by atoms with van der Waals surface area (Å²) in [7, 11) is 0. The highest BCUT2D eigenvalue weighted by Gasteiger charge is 1.90. The molecule has 0 aromatic heterocycles. The minimum Gasteiger partial charge on any atom is -0.244 e. The topological polar surface area (TPSA) is 53.8 Å². The SMILES string of the molecule is C=C/C(C)=N\NC(=O)/N=C/C. The molecule has 11 heavy (non-hydrogen) atoms. The first-order valence-electron chi connectivity index (χ1n) is 3.16. The second-order valence-corrected chi connectivity index (χ2v) is 1.76. The Labute approximate surface area is 65.7 Å². The number of amides is 2. The molecule has 0 saturated carbocycles. The number of hydrazone groups is 1. The van der Waals surface area contributed by atoms with Gasteiger partial charge < -0.3 is 0 Å². The van der Waals surface area contributed by atoms with Crippen molar-refractivity contribution in [1.29, 1.82) is 0 Å². The lowest BCUT2D eigenvalue weighted by atomic mass is 10.4. The van der Waals surface area contributed by atoms with Crippen molar-refractivity contribution in [3.05, 3.63) is 12.7 Å². The molecule has 0 saturated heterocycles. The van der Waals surface area contributed by atoms with E-state index in [1.54, 1.807) is 13.8 Å². The molecule has 4 nitrogen and oxygen atoms in total. The molecule has 0 rings (SSSR count). The van der Waals surface area contributed by atoms with Crippen LogP contribution in [0, 0.1) is 0 Å². The Morgan fingerprint density at radius 1 is 1.64 bits per heavy atom. The van der Waals surface area contributed by atoms with Crippen molar-refractivity contribution in [2.75, 3.05) is 0 Å². The molecular weight excluding hydrogens is 142 g/mol. The van der Waals surface area contributed by atoms with Crippen LogP contribution < -0.4 is 5.43 Å². The van der Waals surface area contributed by atoms with Gasteiger partial charge in [-0.25, -0.2) is 15.2 Å². The minimum atomic E-state index is -0.478. The quantitative estimate of drug-likeness (QED) is 0.472. The maximum absolute atomic E-state index is 10.6. The molecule has 1 N–H and O–H groups in total. The Kier molecular flexibility index (Phi) is 4.64. The Morgan fingerprint density at radius 3 is 2.73 bits per heavy atom. The summed E-state index contributed by atoms with van der Waals surface area (Å²) in [5.74, 6) is 0. The van der Waals surface area contributed by atoms with Gasteiger partial charge in [0, 0.05) is 6.21 Å². The molecular formula is C7H11N3O. The molecule has 0 heterocycles. The number of aliphatic imine (C=N–C) groups is 1. The molecule has 0 aliphatic carbocycles. The monoisotopic (exact) mass is 153 g/mol. The van der Waals surface area contributed by atoms with E-state index >= 15 is 0 Å². The third-order valence-electron chi connectivity index (χ3n) is 0.870. The van der Waals surface area contributed by atoms with Gasteiger partial charge in [-0.05, 0) is 19.9 Å². The van der Waals surface area contributed by atoms with Gasteiger partial charge in [0.1, 0.15) is 0 Å². The largest absolute Gasteiger partial charge is 0.360 e. The number of carbonyl (C=O) groups is 1. The van der Waals surface area contributed by atoms with Crippen LogP contribution in [0.25, 0.3) is 0 Å². The smallest absolute Gasteiger partial charge is 0.244 e. The molecule has 0 aliphatic rings. The minimum absolute atomic E-state index is 0.478. The molecule has 0 fully saturated rings. The van der Waals surface area contributed by atoms with Crippen molar-refractivity contribution < 1.29 is 4.79 Å². The Balaban J connectivity index is 3.87. The standard InChI is InChI=1S/C7H11N3O/c1-4-6(3)9-10-7(11)8-5-2/h4-5H,1H2,2-3H3,(H,10,11)/b8-5+,9-6-. The van der Waals surface area contributed by atoms with Gasteiger partial charge in [0.25, 0.3) is 0 Å². The molecule has 0 aliphatic heterocycles. The number of urea groups is 1. The summed E-state index contributed by atoms with van der Waals surface area (Å²) in [5, 5.41) is 3.65. The van der Waals surface area contributed by atoms with Crippen molar-refractivity contribution in [2.24, 2.45) is 10.1 Å². The van der Waals surface area contributed by atoms with Crippen LogP contribution in [0.5, 0.6) is 0 Å². The first-order valence-corrected chi connectivity index (χ1v) is 3.16. The second kappa shape index (κ2) is 5.34. The van der Waals surface area contributed by atoms with E-state index in [2.05, 4.69) is 22.1 Å². The maximum Gasteiger partial charge on any atom is 0.360 e. The van der Waals surface area contributed by atoms with Crippen molar-refractivity contribution in [3.8, 4) is 0 Å². The average Bonchev–Trinajstić information content (AvgIpc) is 2.01. The van der Waals surface area contributed by atoms with Crippen molar-refractivity contribution >= 4 is 18.0 Å². The van der Waals surface area contributed by atoms with E-state index in [0.29, 0.717) is 5.71 Å². The van der Waals surface area contributed by atoms with Crippen LogP contribution in [0.1, 0.15) is 13.8 Å². The molecule has 60 valence electrons.